The van der Waals surface area contributed by atoms with Gasteiger partial charge in [0, 0.05) is 46.2 Å². The zero-order valence-corrected chi connectivity index (χ0v) is 28.3. The van der Waals surface area contributed by atoms with E-state index >= 15 is 0 Å². The first-order chi connectivity index (χ1) is 21.8. The van der Waals surface area contributed by atoms with E-state index < -0.39 is 37.1 Å². The molecule has 2 saturated heterocycles. The SMILES string of the molecule is C=C(C)C(=O)OCC(=O)OC1CC2(C)C3OC(=O)CC3C1C2(C)C.C=CC(=O)OCC(=O)OC1CC2(C)C3OC(=O)CC3C1C2(C)C. The minimum atomic E-state index is -0.656. The lowest BCUT2D eigenvalue weighted by Crippen LogP contribution is -2.40. The van der Waals surface area contributed by atoms with Gasteiger partial charge in [-0.25, -0.2) is 19.2 Å². The van der Waals surface area contributed by atoms with E-state index in [0.29, 0.717) is 25.7 Å². The third-order valence-electron chi connectivity index (χ3n) is 12.7. The molecule has 0 aromatic carbocycles. The molecule has 4 aliphatic carbocycles. The standard InChI is InChI=1S/C18H24O6.C17H22O6/c1-9(2)16(21)22-8-13(20)23-11-7-18(5)15-10(6-12(19)24-15)14(11)17(18,3)4;1-5-11(18)21-8-13(20)22-10-7-17(4)15-9(6-12(19)23-15)14(10)16(17,2)3/h10-11,14-15H,1,6-8H2,2-5H3;5,9-10,14-15H,1,6-8H2,2-4H3. The number of esters is 6. The molecule has 12 nitrogen and oxygen atoms in total. The second kappa shape index (κ2) is 11.8. The predicted molar refractivity (Wildman–Crippen MR) is 163 cm³/mol. The lowest BCUT2D eigenvalue weighted by Gasteiger charge is -2.37. The molecule has 47 heavy (non-hydrogen) atoms. The fraction of sp³-hybridized carbons (Fsp3) is 0.714. The zero-order valence-electron chi connectivity index (χ0n) is 28.3. The van der Waals surface area contributed by atoms with Gasteiger partial charge >= 0.3 is 35.8 Å². The number of fused-ring (bicyclic) bond motifs is 10. The van der Waals surface area contributed by atoms with Crippen molar-refractivity contribution < 1.29 is 57.2 Å². The summed E-state index contributed by atoms with van der Waals surface area (Å²) >= 11 is 0. The Balaban J connectivity index is 0.000000185. The van der Waals surface area contributed by atoms with Crippen molar-refractivity contribution in [3.63, 3.8) is 0 Å². The average molecular weight is 659 g/mol. The number of carbonyl (C=O) groups excluding carboxylic acids is 6. The molecular weight excluding hydrogens is 612 g/mol. The molecule has 0 N–H and O–H groups in total. The number of hydrogen-bond donors (Lipinski definition) is 0. The average Bonchev–Trinajstić information content (AvgIpc) is 3.71. The normalized spacial score (nSPS) is 39.0. The van der Waals surface area contributed by atoms with Crippen molar-refractivity contribution in [1.29, 1.82) is 0 Å². The van der Waals surface area contributed by atoms with E-state index in [9.17, 15) is 28.8 Å². The molecule has 10 atom stereocenters. The Labute approximate surface area is 274 Å². The number of carbonyl (C=O) groups is 6. The summed E-state index contributed by atoms with van der Waals surface area (Å²) in [6.45, 7) is 20.2. The number of ether oxygens (including phenoxy) is 6. The van der Waals surface area contributed by atoms with E-state index in [1.165, 1.54) is 6.92 Å². The maximum absolute atomic E-state index is 12.0. The Hall–Kier alpha value is -3.70. The van der Waals surface area contributed by atoms with Gasteiger partial charge in [-0.2, -0.15) is 0 Å². The fourth-order valence-corrected chi connectivity index (χ4v) is 9.96. The fourth-order valence-electron chi connectivity index (χ4n) is 9.96. The molecule has 4 saturated carbocycles. The van der Waals surface area contributed by atoms with Crippen LogP contribution in [-0.2, 0) is 57.2 Å². The van der Waals surface area contributed by atoms with E-state index in [-0.39, 0.29) is 87.3 Å². The van der Waals surface area contributed by atoms with Crippen molar-refractivity contribution in [3.8, 4) is 0 Å². The molecule has 0 aromatic heterocycles. The third kappa shape index (κ3) is 5.45. The van der Waals surface area contributed by atoms with Crippen molar-refractivity contribution in [2.75, 3.05) is 13.2 Å². The van der Waals surface area contributed by atoms with Gasteiger partial charge in [0.15, 0.2) is 13.2 Å². The van der Waals surface area contributed by atoms with E-state index in [2.05, 4.69) is 54.7 Å². The van der Waals surface area contributed by atoms with Crippen molar-refractivity contribution in [3.05, 3.63) is 24.8 Å². The van der Waals surface area contributed by atoms with Crippen LogP contribution in [0.15, 0.2) is 24.8 Å². The van der Waals surface area contributed by atoms with Crippen LogP contribution in [0.2, 0.25) is 0 Å². The molecule has 12 heteroatoms. The molecule has 0 spiro atoms. The van der Waals surface area contributed by atoms with Crippen molar-refractivity contribution in [2.45, 2.75) is 98.6 Å². The van der Waals surface area contributed by atoms with E-state index in [0.717, 1.165) is 6.08 Å². The molecule has 6 rings (SSSR count). The third-order valence-corrected chi connectivity index (χ3v) is 12.7. The molecular formula is C35H46O12. The smallest absolute Gasteiger partial charge is 0.344 e. The quantitative estimate of drug-likeness (QED) is 0.212. The summed E-state index contributed by atoms with van der Waals surface area (Å²) in [6, 6.07) is 0. The van der Waals surface area contributed by atoms with Crippen LogP contribution in [0.4, 0.5) is 0 Å². The first-order valence-corrected chi connectivity index (χ1v) is 16.2. The monoisotopic (exact) mass is 658 g/mol. The number of rotatable bonds is 8. The van der Waals surface area contributed by atoms with E-state index in [4.69, 9.17) is 28.4 Å². The van der Waals surface area contributed by atoms with Crippen LogP contribution in [0.25, 0.3) is 0 Å². The molecule has 0 radical (unpaired) electrons. The molecule has 258 valence electrons. The van der Waals surface area contributed by atoms with Gasteiger partial charge in [0.05, 0.1) is 12.8 Å². The summed E-state index contributed by atoms with van der Waals surface area (Å²) in [6.07, 6.45) is 2.32. The highest BCUT2D eigenvalue weighted by Crippen LogP contribution is 2.72. The van der Waals surface area contributed by atoms with Crippen molar-refractivity contribution in [1.82, 2.24) is 0 Å². The highest BCUT2D eigenvalue weighted by molar-refractivity contribution is 5.88. The Bertz CT molecular complexity index is 1410. The van der Waals surface area contributed by atoms with E-state index in [1.807, 2.05) is 0 Å². The minimum absolute atomic E-state index is 0.0692. The van der Waals surface area contributed by atoms with Crippen LogP contribution in [0.5, 0.6) is 0 Å². The summed E-state index contributed by atoms with van der Waals surface area (Å²) < 4.78 is 31.8. The molecule has 4 bridgehead atoms. The Kier molecular flexibility index (Phi) is 8.67. The maximum Gasteiger partial charge on any atom is 0.344 e. The van der Waals surface area contributed by atoms with Crippen LogP contribution >= 0.6 is 0 Å². The second-order valence-electron chi connectivity index (χ2n) is 15.5. The topological polar surface area (TPSA) is 158 Å². The Morgan fingerprint density at radius 1 is 0.766 bits per heavy atom. The second-order valence-corrected chi connectivity index (χ2v) is 15.5. The lowest BCUT2D eigenvalue weighted by atomic mass is 9.70. The van der Waals surface area contributed by atoms with Gasteiger partial charge in [0.1, 0.15) is 24.4 Å². The lowest BCUT2D eigenvalue weighted by molar-refractivity contribution is -0.165. The zero-order chi connectivity index (χ0) is 34.9. The van der Waals surface area contributed by atoms with Crippen molar-refractivity contribution >= 4 is 35.8 Å². The van der Waals surface area contributed by atoms with Gasteiger partial charge in [0.2, 0.25) is 0 Å². The predicted octanol–water partition coefficient (Wildman–Crippen LogP) is 3.64. The first-order valence-electron chi connectivity index (χ1n) is 16.2. The maximum atomic E-state index is 12.0. The number of hydrogen-bond acceptors (Lipinski definition) is 12. The van der Waals surface area contributed by atoms with Crippen LogP contribution in [-0.4, -0.2) is 73.4 Å². The summed E-state index contributed by atoms with van der Waals surface area (Å²) in [4.78, 5) is 69.7. The molecule has 6 aliphatic rings. The first kappa shape index (κ1) is 34.6. The highest BCUT2D eigenvalue weighted by atomic mass is 16.6. The summed E-state index contributed by atoms with van der Waals surface area (Å²) in [5.74, 6) is -2.42. The Morgan fingerprint density at radius 3 is 1.55 bits per heavy atom. The molecule has 2 aliphatic heterocycles. The van der Waals surface area contributed by atoms with Crippen molar-refractivity contribution in [2.24, 2.45) is 45.3 Å². The van der Waals surface area contributed by atoms with E-state index in [1.54, 1.807) is 0 Å². The van der Waals surface area contributed by atoms with Gasteiger partial charge < -0.3 is 28.4 Å². The minimum Gasteiger partial charge on any atom is -0.461 e. The molecule has 0 amide bonds. The Morgan fingerprint density at radius 2 is 1.17 bits per heavy atom. The van der Waals surface area contributed by atoms with Gasteiger partial charge in [-0.05, 0) is 30.6 Å². The summed E-state index contributed by atoms with van der Waals surface area (Å²) in [7, 11) is 0. The largest absolute Gasteiger partial charge is 0.461 e. The van der Waals surface area contributed by atoms with Gasteiger partial charge in [0.25, 0.3) is 0 Å². The van der Waals surface area contributed by atoms with Gasteiger partial charge in [-0.15, -0.1) is 0 Å². The van der Waals surface area contributed by atoms with Crippen LogP contribution in [0.1, 0.15) is 74.1 Å². The molecule has 2 heterocycles. The van der Waals surface area contributed by atoms with Crippen LogP contribution in [0, 0.1) is 45.3 Å². The molecule has 6 fully saturated rings. The summed E-state index contributed by atoms with van der Waals surface area (Å²) in [5.41, 5.74) is -0.375. The van der Waals surface area contributed by atoms with Gasteiger partial charge in [-0.1, -0.05) is 54.7 Å². The summed E-state index contributed by atoms with van der Waals surface area (Å²) in [5, 5.41) is 0. The highest BCUT2D eigenvalue weighted by Gasteiger charge is 2.75. The molecule has 10 unspecified atom stereocenters. The van der Waals surface area contributed by atoms with Crippen LogP contribution in [0.3, 0.4) is 0 Å². The van der Waals surface area contributed by atoms with Gasteiger partial charge in [-0.3, -0.25) is 9.59 Å². The van der Waals surface area contributed by atoms with Crippen LogP contribution < -0.4 is 0 Å². The molecule has 0 aromatic rings.